The fourth-order valence-electron chi connectivity index (χ4n) is 2.70. The van der Waals surface area contributed by atoms with Crippen LogP contribution >= 0.6 is 0 Å². The minimum absolute atomic E-state index is 0.304. The number of aromatic nitrogens is 4. The second-order valence-electron chi connectivity index (χ2n) is 6.07. The number of nitrogens with zero attached hydrogens (tertiary/aromatic N) is 4. The highest BCUT2D eigenvalue weighted by Crippen LogP contribution is 2.24. The molecule has 4 aromatic rings. The van der Waals surface area contributed by atoms with Crippen molar-refractivity contribution in [1.82, 2.24) is 20.0 Å². The summed E-state index contributed by atoms with van der Waals surface area (Å²) in [4.78, 5) is 12.7. The van der Waals surface area contributed by atoms with Gasteiger partial charge in [-0.15, -0.1) is 10.2 Å². The molecule has 4 rings (SSSR count). The van der Waals surface area contributed by atoms with E-state index < -0.39 is 0 Å². The fraction of sp³-hybridized carbons (Fsp3) is 0.100. The summed E-state index contributed by atoms with van der Waals surface area (Å²) in [6.07, 6.45) is 3.00. The summed E-state index contributed by atoms with van der Waals surface area (Å²) < 4.78 is 12.0. The van der Waals surface area contributed by atoms with Crippen LogP contribution in [0.1, 0.15) is 16.1 Å². The van der Waals surface area contributed by atoms with Crippen LogP contribution in [-0.2, 0) is 0 Å². The van der Waals surface area contributed by atoms with Crippen LogP contribution in [0.2, 0.25) is 0 Å². The summed E-state index contributed by atoms with van der Waals surface area (Å²) in [7, 11) is 1.61. The lowest BCUT2D eigenvalue weighted by Gasteiger charge is -2.08. The van der Waals surface area contributed by atoms with Crippen LogP contribution in [0, 0.1) is 6.92 Å². The van der Waals surface area contributed by atoms with Gasteiger partial charge in [0, 0.05) is 17.4 Å². The molecule has 28 heavy (non-hydrogen) atoms. The quantitative estimate of drug-likeness (QED) is 0.574. The third kappa shape index (κ3) is 3.48. The van der Waals surface area contributed by atoms with E-state index in [1.807, 2.05) is 43.3 Å². The Morgan fingerprint density at radius 1 is 1.14 bits per heavy atom. The number of amides is 1. The molecule has 0 saturated carbocycles. The molecule has 0 aliphatic rings. The number of hydrogen-bond donors (Lipinski definition) is 1. The fourth-order valence-corrected chi connectivity index (χ4v) is 2.70. The average molecular weight is 375 g/mol. The van der Waals surface area contributed by atoms with E-state index in [0.29, 0.717) is 17.3 Å². The Bertz CT molecular complexity index is 1100. The molecule has 140 valence electrons. The van der Waals surface area contributed by atoms with Gasteiger partial charge in [0.15, 0.2) is 5.69 Å². The molecule has 0 saturated heterocycles. The third-order valence-corrected chi connectivity index (χ3v) is 4.25. The molecule has 0 unspecified atom stereocenters. The molecule has 2 aromatic carbocycles. The van der Waals surface area contributed by atoms with Gasteiger partial charge in [-0.3, -0.25) is 4.79 Å². The third-order valence-electron chi connectivity index (χ3n) is 4.25. The molecule has 0 atom stereocenters. The summed E-state index contributed by atoms with van der Waals surface area (Å²) in [6, 6.07) is 14.6. The van der Waals surface area contributed by atoms with Gasteiger partial charge in [0.25, 0.3) is 5.91 Å². The van der Waals surface area contributed by atoms with E-state index in [4.69, 9.17) is 9.15 Å². The molecular formula is C20H17N5O3. The molecule has 0 aliphatic heterocycles. The first-order valence-corrected chi connectivity index (χ1v) is 8.52. The van der Waals surface area contributed by atoms with E-state index in [1.165, 1.54) is 6.39 Å². The van der Waals surface area contributed by atoms with Crippen LogP contribution < -0.4 is 10.1 Å². The summed E-state index contributed by atoms with van der Waals surface area (Å²) in [5.74, 6) is 0.836. The van der Waals surface area contributed by atoms with Crippen molar-refractivity contribution < 1.29 is 13.9 Å². The number of rotatable bonds is 5. The van der Waals surface area contributed by atoms with E-state index in [0.717, 1.165) is 22.6 Å². The molecule has 0 bridgehead atoms. The van der Waals surface area contributed by atoms with E-state index in [1.54, 1.807) is 30.1 Å². The molecule has 0 radical (unpaired) electrons. The number of carbonyl (C=O) groups is 1. The molecule has 0 spiro atoms. The zero-order valence-corrected chi connectivity index (χ0v) is 15.3. The summed E-state index contributed by atoms with van der Waals surface area (Å²) >= 11 is 0. The van der Waals surface area contributed by atoms with Crippen LogP contribution in [0.5, 0.6) is 5.75 Å². The lowest BCUT2D eigenvalue weighted by Crippen LogP contribution is -2.14. The van der Waals surface area contributed by atoms with Crippen molar-refractivity contribution in [2.24, 2.45) is 0 Å². The van der Waals surface area contributed by atoms with Crippen molar-refractivity contribution in [2.45, 2.75) is 6.92 Å². The van der Waals surface area contributed by atoms with Gasteiger partial charge in [-0.05, 0) is 55.0 Å². The number of hydrogen-bond acceptors (Lipinski definition) is 6. The van der Waals surface area contributed by atoms with Crippen LogP contribution in [0.25, 0.3) is 17.1 Å². The smallest absolute Gasteiger partial charge is 0.276 e. The molecule has 0 aliphatic carbocycles. The maximum absolute atomic E-state index is 12.7. The number of carbonyl (C=O) groups excluding carboxylic acids is 1. The first-order chi connectivity index (χ1) is 13.6. The topological polar surface area (TPSA) is 95.1 Å². The van der Waals surface area contributed by atoms with Gasteiger partial charge in [0.1, 0.15) is 5.75 Å². The monoisotopic (exact) mass is 375 g/mol. The molecule has 1 amide bonds. The van der Waals surface area contributed by atoms with Gasteiger partial charge < -0.3 is 14.5 Å². The minimum atomic E-state index is -0.307. The van der Waals surface area contributed by atoms with Crippen molar-refractivity contribution in [3.05, 3.63) is 72.4 Å². The first-order valence-electron chi connectivity index (χ1n) is 8.52. The molecule has 8 heteroatoms. The Kier molecular flexibility index (Phi) is 4.59. The van der Waals surface area contributed by atoms with Gasteiger partial charge in [0.05, 0.1) is 12.8 Å². The predicted molar refractivity (Wildman–Crippen MR) is 103 cm³/mol. The van der Waals surface area contributed by atoms with Gasteiger partial charge in [-0.1, -0.05) is 6.07 Å². The molecular weight excluding hydrogens is 358 g/mol. The average Bonchev–Trinajstić information content (AvgIpc) is 3.42. The molecule has 8 nitrogen and oxygen atoms in total. The van der Waals surface area contributed by atoms with Crippen LogP contribution in [0.4, 0.5) is 5.69 Å². The highest BCUT2D eigenvalue weighted by molar-refractivity contribution is 6.03. The normalized spacial score (nSPS) is 10.6. The van der Waals surface area contributed by atoms with Crippen molar-refractivity contribution >= 4 is 11.6 Å². The summed E-state index contributed by atoms with van der Waals surface area (Å²) in [5.41, 5.74) is 3.42. The number of benzene rings is 2. The van der Waals surface area contributed by atoms with Crippen molar-refractivity contribution in [3.63, 3.8) is 0 Å². The SMILES string of the molecule is COc1ccc(-n2ccc(C(=O)Nc3cc(-c4nnco4)ccc3C)n2)cc1. The largest absolute Gasteiger partial charge is 0.497 e. The second-order valence-corrected chi connectivity index (χ2v) is 6.07. The standard InChI is InChI=1S/C20H17N5O3/c1-13-3-4-14(20-23-21-12-28-20)11-18(13)22-19(26)17-9-10-25(24-17)15-5-7-16(27-2)8-6-15/h3-12H,1-2H3,(H,22,26). The Hall–Kier alpha value is -3.94. The Morgan fingerprint density at radius 2 is 1.96 bits per heavy atom. The second kappa shape index (κ2) is 7.36. The Labute approximate surface area is 160 Å². The van der Waals surface area contributed by atoms with Gasteiger partial charge >= 0.3 is 0 Å². The van der Waals surface area contributed by atoms with Crippen LogP contribution in [0.3, 0.4) is 0 Å². The summed E-state index contributed by atoms with van der Waals surface area (Å²) in [5, 5.41) is 14.8. The summed E-state index contributed by atoms with van der Waals surface area (Å²) in [6.45, 7) is 1.91. The molecule has 2 heterocycles. The molecule has 0 fully saturated rings. The number of anilines is 1. The number of nitrogens with one attached hydrogen (secondary N) is 1. The minimum Gasteiger partial charge on any atom is -0.497 e. The van der Waals surface area contributed by atoms with Crippen LogP contribution in [0.15, 0.2) is 65.5 Å². The van der Waals surface area contributed by atoms with Crippen molar-refractivity contribution in [3.8, 4) is 22.9 Å². The van der Waals surface area contributed by atoms with Crippen molar-refractivity contribution in [2.75, 3.05) is 12.4 Å². The van der Waals surface area contributed by atoms with E-state index in [-0.39, 0.29) is 5.91 Å². The first kappa shape index (κ1) is 17.5. The zero-order valence-electron chi connectivity index (χ0n) is 15.3. The highest BCUT2D eigenvalue weighted by atomic mass is 16.5. The Balaban J connectivity index is 1.54. The molecule has 1 N–H and O–H groups in total. The Morgan fingerprint density at radius 3 is 2.68 bits per heavy atom. The van der Waals surface area contributed by atoms with E-state index in [9.17, 15) is 4.79 Å². The van der Waals surface area contributed by atoms with Gasteiger partial charge in [-0.25, -0.2) is 4.68 Å². The number of ether oxygens (including phenoxy) is 1. The maximum atomic E-state index is 12.7. The molecule has 2 aromatic heterocycles. The van der Waals surface area contributed by atoms with E-state index >= 15 is 0 Å². The van der Waals surface area contributed by atoms with Gasteiger partial charge in [0.2, 0.25) is 12.3 Å². The number of aryl methyl sites for hydroxylation is 1. The van der Waals surface area contributed by atoms with Crippen LogP contribution in [-0.4, -0.2) is 33.0 Å². The lowest BCUT2D eigenvalue weighted by molar-refractivity contribution is 0.102. The number of methoxy groups -OCH3 is 1. The van der Waals surface area contributed by atoms with Crippen molar-refractivity contribution in [1.29, 1.82) is 0 Å². The lowest BCUT2D eigenvalue weighted by atomic mass is 10.1. The zero-order chi connectivity index (χ0) is 19.5. The van der Waals surface area contributed by atoms with Gasteiger partial charge in [-0.2, -0.15) is 5.10 Å². The maximum Gasteiger partial charge on any atom is 0.276 e. The predicted octanol–water partition coefficient (Wildman–Crippen LogP) is 3.49. The van der Waals surface area contributed by atoms with E-state index in [2.05, 4.69) is 20.6 Å². The highest BCUT2D eigenvalue weighted by Gasteiger charge is 2.13.